The monoisotopic (exact) mass is 271 g/mol. The van der Waals surface area contributed by atoms with Gasteiger partial charge in [0.2, 0.25) is 5.91 Å². The van der Waals surface area contributed by atoms with Crippen molar-refractivity contribution in [3.63, 3.8) is 0 Å². The van der Waals surface area contributed by atoms with Gasteiger partial charge in [-0.1, -0.05) is 15.9 Å². The van der Waals surface area contributed by atoms with E-state index < -0.39 is 0 Å². The number of carbonyl (C=O) groups excluding carboxylic acids is 1. The fraction of sp³-hybridized carbons (Fsp3) is 0.300. The van der Waals surface area contributed by atoms with Gasteiger partial charge in [-0.3, -0.25) is 4.79 Å². The molecule has 4 N–H and O–H groups in total. The number of halogens is 1. The van der Waals surface area contributed by atoms with Crippen molar-refractivity contribution in [1.82, 2.24) is 5.32 Å². The van der Waals surface area contributed by atoms with E-state index in [0.717, 1.165) is 10.0 Å². The Morgan fingerprint density at radius 1 is 1.53 bits per heavy atom. The summed E-state index contributed by atoms with van der Waals surface area (Å²) in [6.07, 6.45) is 0. The zero-order chi connectivity index (χ0) is 11.4. The second-order valence-corrected chi connectivity index (χ2v) is 4.18. The minimum atomic E-state index is -0.110. The van der Waals surface area contributed by atoms with Crippen molar-refractivity contribution in [2.75, 3.05) is 24.6 Å². The molecule has 0 heterocycles. The van der Waals surface area contributed by atoms with Crippen LogP contribution in [0.5, 0.6) is 0 Å². The highest BCUT2D eigenvalue weighted by atomic mass is 79.9. The number of nitrogens with one attached hydrogen (secondary N) is 2. The summed E-state index contributed by atoms with van der Waals surface area (Å²) in [6.45, 7) is 2.17. The summed E-state index contributed by atoms with van der Waals surface area (Å²) in [4.78, 5) is 11.3. The van der Waals surface area contributed by atoms with Crippen LogP contribution in [-0.2, 0) is 4.79 Å². The largest absolute Gasteiger partial charge is 0.397 e. The summed E-state index contributed by atoms with van der Waals surface area (Å²) < 4.78 is 0.897. The van der Waals surface area contributed by atoms with Crippen molar-refractivity contribution in [2.24, 2.45) is 0 Å². The van der Waals surface area contributed by atoms with Gasteiger partial charge in [0.25, 0.3) is 0 Å². The smallest absolute Gasteiger partial charge is 0.238 e. The second-order valence-electron chi connectivity index (χ2n) is 3.26. The van der Waals surface area contributed by atoms with E-state index in [1.165, 1.54) is 0 Å². The number of nitrogens with two attached hydrogens (primary N) is 1. The van der Waals surface area contributed by atoms with Crippen molar-refractivity contribution in [3.05, 3.63) is 22.2 Å². The molecule has 0 unspecified atom stereocenters. The van der Waals surface area contributed by atoms with Crippen LogP contribution in [0.3, 0.4) is 0 Å². The number of benzene rings is 1. The molecule has 0 atom stereocenters. The Hall–Kier alpha value is -1.07. The van der Waals surface area contributed by atoms with Gasteiger partial charge in [-0.2, -0.15) is 0 Å². The number of anilines is 2. The lowest BCUT2D eigenvalue weighted by Crippen LogP contribution is -2.25. The van der Waals surface area contributed by atoms with Crippen molar-refractivity contribution < 1.29 is 4.79 Å². The number of amides is 1. The molecular formula is C10H14BrN3O. The molecule has 0 spiro atoms. The Labute approximate surface area is 97.4 Å². The molecule has 1 rings (SSSR count). The van der Waals surface area contributed by atoms with Crippen LogP contribution >= 0.6 is 15.9 Å². The summed E-state index contributed by atoms with van der Waals surface area (Å²) in [6, 6.07) is 3.69. The molecule has 1 aromatic carbocycles. The third-order valence-electron chi connectivity index (χ3n) is 1.96. The fourth-order valence-electron chi connectivity index (χ4n) is 1.21. The van der Waals surface area contributed by atoms with E-state index in [4.69, 9.17) is 5.73 Å². The van der Waals surface area contributed by atoms with Crippen LogP contribution in [0.1, 0.15) is 5.56 Å². The molecule has 4 nitrogen and oxygen atoms in total. The highest BCUT2D eigenvalue weighted by molar-refractivity contribution is 9.10. The van der Waals surface area contributed by atoms with E-state index in [-0.39, 0.29) is 12.5 Å². The predicted octanol–water partition coefficient (Wildman–Crippen LogP) is 1.50. The van der Waals surface area contributed by atoms with E-state index in [0.29, 0.717) is 11.4 Å². The van der Waals surface area contributed by atoms with Crippen LogP contribution in [0.2, 0.25) is 0 Å². The third kappa shape index (κ3) is 3.21. The van der Waals surface area contributed by atoms with Crippen LogP contribution in [-0.4, -0.2) is 19.5 Å². The van der Waals surface area contributed by atoms with Gasteiger partial charge in [-0.25, -0.2) is 0 Å². The molecule has 1 amide bonds. The number of hydrogen-bond acceptors (Lipinski definition) is 3. The molecule has 0 aliphatic rings. The SMILES string of the molecule is CNCC(=O)Nc1cc(Br)cc(C)c1N. The van der Waals surface area contributed by atoms with Gasteiger partial charge in [0.15, 0.2) is 0 Å². The van der Waals surface area contributed by atoms with Gasteiger partial charge in [-0.15, -0.1) is 0 Å². The summed E-state index contributed by atoms with van der Waals surface area (Å²) in [5.74, 6) is -0.110. The Bertz CT molecular complexity index is 379. The van der Waals surface area contributed by atoms with E-state index >= 15 is 0 Å². The maximum absolute atomic E-state index is 11.3. The fourth-order valence-corrected chi connectivity index (χ4v) is 1.78. The Kier molecular flexibility index (Phi) is 4.11. The molecule has 5 heteroatoms. The van der Waals surface area contributed by atoms with Crippen molar-refractivity contribution >= 4 is 33.2 Å². The molecule has 0 bridgehead atoms. The number of nitrogen functional groups attached to an aromatic ring is 1. The topological polar surface area (TPSA) is 67.2 Å². The zero-order valence-corrected chi connectivity index (χ0v) is 10.3. The van der Waals surface area contributed by atoms with Crippen LogP contribution in [0, 0.1) is 6.92 Å². The third-order valence-corrected chi connectivity index (χ3v) is 2.42. The quantitative estimate of drug-likeness (QED) is 0.730. The average molecular weight is 272 g/mol. The maximum atomic E-state index is 11.3. The lowest BCUT2D eigenvalue weighted by Gasteiger charge is -2.10. The highest BCUT2D eigenvalue weighted by Crippen LogP contribution is 2.27. The van der Waals surface area contributed by atoms with E-state index in [1.54, 1.807) is 13.1 Å². The first kappa shape index (κ1) is 12.0. The number of carbonyl (C=O) groups is 1. The van der Waals surface area contributed by atoms with Gasteiger partial charge < -0.3 is 16.4 Å². The van der Waals surface area contributed by atoms with Crippen molar-refractivity contribution in [1.29, 1.82) is 0 Å². The average Bonchev–Trinajstić information content (AvgIpc) is 2.13. The van der Waals surface area contributed by atoms with Crippen LogP contribution < -0.4 is 16.4 Å². The highest BCUT2D eigenvalue weighted by Gasteiger charge is 2.07. The normalized spacial score (nSPS) is 10.1. The molecule has 0 saturated carbocycles. The minimum Gasteiger partial charge on any atom is -0.397 e. The van der Waals surface area contributed by atoms with Gasteiger partial charge in [0.1, 0.15) is 0 Å². The molecule has 0 saturated heterocycles. The molecule has 1 aromatic rings. The van der Waals surface area contributed by atoms with Gasteiger partial charge in [0.05, 0.1) is 17.9 Å². The summed E-state index contributed by atoms with van der Waals surface area (Å²) >= 11 is 3.35. The molecule has 0 radical (unpaired) electrons. The molecule has 82 valence electrons. The van der Waals surface area contributed by atoms with E-state index in [1.807, 2.05) is 13.0 Å². The van der Waals surface area contributed by atoms with Crippen molar-refractivity contribution in [3.8, 4) is 0 Å². The molecule has 0 aliphatic carbocycles. The maximum Gasteiger partial charge on any atom is 0.238 e. The molecule has 0 aromatic heterocycles. The number of hydrogen-bond donors (Lipinski definition) is 3. The summed E-state index contributed by atoms with van der Waals surface area (Å²) in [7, 11) is 1.72. The van der Waals surface area contributed by atoms with Crippen LogP contribution in [0.15, 0.2) is 16.6 Å². The van der Waals surface area contributed by atoms with Crippen LogP contribution in [0.4, 0.5) is 11.4 Å². The second kappa shape index (κ2) is 5.14. The summed E-state index contributed by atoms with van der Waals surface area (Å²) in [5.41, 5.74) is 8.01. The molecule has 15 heavy (non-hydrogen) atoms. The Balaban J connectivity index is 2.89. The van der Waals surface area contributed by atoms with Gasteiger partial charge in [-0.05, 0) is 31.7 Å². The predicted molar refractivity (Wildman–Crippen MR) is 65.8 cm³/mol. The van der Waals surface area contributed by atoms with E-state index in [9.17, 15) is 4.79 Å². The lowest BCUT2D eigenvalue weighted by atomic mass is 10.2. The van der Waals surface area contributed by atoms with Crippen molar-refractivity contribution in [2.45, 2.75) is 6.92 Å². The summed E-state index contributed by atoms with van der Waals surface area (Å²) in [5, 5.41) is 5.51. The van der Waals surface area contributed by atoms with Crippen LogP contribution in [0.25, 0.3) is 0 Å². The van der Waals surface area contributed by atoms with Gasteiger partial charge >= 0.3 is 0 Å². The minimum absolute atomic E-state index is 0.110. The molecule has 0 aliphatic heterocycles. The number of likely N-dealkylation sites (N-methyl/N-ethyl adjacent to an activating group) is 1. The zero-order valence-electron chi connectivity index (χ0n) is 8.73. The van der Waals surface area contributed by atoms with E-state index in [2.05, 4.69) is 26.6 Å². The first-order valence-corrected chi connectivity index (χ1v) is 5.34. The molecule has 0 fully saturated rings. The Morgan fingerprint density at radius 2 is 2.20 bits per heavy atom. The lowest BCUT2D eigenvalue weighted by molar-refractivity contribution is -0.115. The Morgan fingerprint density at radius 3 is 2.80 bits per heavy atom. The number of aryl methyl sites for hydroxylation is 1. The standard InChI is InChI=1S/C10H14BrN3O/c1-6-3-7(11)4-8(10(6)12)14-9(15)5-13-2/h3-4,13H,5,12H2,1-2H3,(H,14,15). The number of rotatable bonds is 3. The molecular weight excluding hydrogens is 258 g/mol. The first-order chi connectivity index (χ1) is 7.04. The van der Waals surface area contributed by atoms with Gasteiger partial charge in [0, 0.05) is 4.47 Å². The first-order valence-electron chi connectivity index (χ1n) is 4.54.